The summed E-state index contributed by atoms with van der Waals surface area (Å²) in [5.41, 5.74) is 1.14. The average molecular weight is 305 g/mol. The number of amides is 1. The molecule has 0 fully saturated rings. The number of nitrogens with zero attached hydrogens (tertiary/aromatic N) is 1. The molecule has 1 aromatic heterocycles. The predicted molar refractivity (Wildman–Crippen MR) is 83.9 cm³/mol. The van der Waals surface area contributed by atoms with Crippen LogP contribution in [0.4, 0.5) is 0 Å². The summed E-state index contributed by atoms with van der Waals surface area (Å²) in [5, 5.41) is 3.39. The summed E-state index contributed by atoms with van der Waals surface area (Å²) in [6, 6.07) is 10.3. The molecule has 0 saturated carbocycles. The number of benzene rings is 1. The first-order valence-electron chi connectivity index (χ1n) is 6.84. The lowest BCUT2D eigenvalue weighted by Gasteiger charge is -2.10. The highest BCUT2D eigenvalue weighted by atomic mass is 35.5. The molecule has 0 aliphatic heterocycles. The summed E-state index contributed by atoms with van der Waals surface area (Å²) in [6.07, 6.45) is 2.43. The van der Waals surface area contributed by atoms with E-state index in [1.807, 2.05) is 25.1 Å². The third kappa shape index (κ3) is 3.95. The van der Waals surface area contributed by atoms with E-state index in [-0.39, 0.29) is 11.5 Å². The minimum absolute atomic E-state index is 0.165. The molecule has 0 spiro atoms. The zero-order valence-electron chi connectivity index (χ0n) is 11.8. The molecule has 0 unspecified atom stereocenters. The van der Waals surface area contributed by atoms with Gasteiger partial charge in [0.2, 0.25) is 0 Å². The minimum atomic E-state index is -0.176. The van der Waals surface area contributed by atoms with Crippen molar-refractivity contribution < 1.29 is 4.79 Å². The number of hydrogen-bond acceptors (Lipinski definition) is 2. The molecule has 0 saturated heterocycles. The van der Waals surface area contributed by atoms with Gasteiger partial charge in [0.05, 0.1) is 12.1 Å². The molecule has 0 bridgehead atoms. The van der Waals surface area contributed by atoms with Crippen molar-refractivity contribution in [1.29, 1.82) is 0 Å². The van der Waals surface area contributed by atoms with E-state index in [9.17, 15) is 9.59 Å². The Morgan fingerprint density at radius 3 is 2.71 bits per heavy atom. The first-order valence-corrected chi connectivity index (χ1v) is 7.21. The maximum Gasteiger partial charge on any atom is 0.252 e. The van der Waals surface area contributed by atoms with Gasteiger partial charge in [-0.05, 0) is 24.1 Å². The van der Waals surface area contributed by atoms with E-state index >= 15 is 0 Å². The summed E-state index contributed by atoms with van der Waals surface area (Å²) in [6.45, 7) is 2.94. The molecule has 0 radical (unpaired) electrons. The Bertz CT molecular complexity index is 695. The Kier molecular flexibility index (Phi) is 5.17. The van der Waals surface area contributed by atoms with Crippen LogP contribution in [0.5, 0.6) is 0 Å². The second-order valence-electron chi connectivity index (χ2n) is 4.73. The Hall–Kier alpha value is -2.07. The molecule has 21 heavy (non-hydrogen) atoms. The van der Waals surface area contributed by atoms with Crippen LogP contribution in [0.15, 0.2) is 47.4 Å². The van der Waals surface area contributed by atoms with E-state index in [1.54, 1.807) is 12.3 Å². The highest BCUT2D eigenvalue weighted by Crippen LogP contribution is 2.15. The topological polar surface area (TPSA) is 51.1 Å². The van der Waals surface area contributed by atoms with Crippen LogP contribution in [0.2, 0.25) is 5.02 Å². The third-order valence-corrected chi connectivity index (χ3v) is 3.45. The smallest absolute Gasteiger partial charge is 0.252 e. The molecule has 1 heterocycles. The number of aromatic nitrogens is 1. The van der Waals surface area contributed by atoms with Crippen LogP contribution in [0, 0.1) is 0 Å². The van der Waals surface area contributed by atoms with Crippen molar-refractivity contribution in [2.45, 2.75) is 19.9 Å². The van der Waals surface area contributed by atoms with E-state index in [2.05, 4.69) is 5.32 Å². The fraction of sp³-hybridized carbons (Fsp3) is 0.250. The SMILES string of the molecule is CCCNC(=O)c1ccc(=O)n(Cc2ccccc2Cl)c1. The minimum Gasteiger partial charge on any atom is -0.352 e. The van der Waals surface area contributed by atoms with Gasteiger partial charge in [0.15, 0.2) is 0 Å². The molecule has 0 aliphatic rings. The standard InChI is InChI=1S/C16H17ClN2O2/c1-2-9-18-16(21)13-7-8-15(20)19(11-13)10-12-5-3-4-6-14(12)17/h3-8,11H,2,9-10H2,1H3,(H,18,21). The van der Waals surface area contributed by atoms with E-state index in [1.165, 1.54) is 16.7 Å². The molecule has 1 amide bonds. The van der Waals surface area contributed by atoms with Gasteiger partial charge in [0, 0.05) is 23.8 Å². The van der Waals surface area contributed by atoms with Crippen molar-refractivity contribution in [3.05, 3.63) is 69.1 Å². The summed E-state index contributed by atoms with van der Waals surface area (Å²) >= 11 is 6.10. The Labute approximate surface area is 128 Å². The van der Waals surface area contributed by atoms with Gasteiger partial charge in [0.25, 0.3) is 11.5 Å². The first kappa shape index (κ1) is 15.3. The van der Waals surface area contributed by atoms with Crippen LogP contribution in [0.1, 0.15) is 29.3 Å². The second-order valence-corrected chi connectivity index (χ2v) is 5.14. The number of halogens is 1. The fourth-order valence-electron chi connectivity index (χ4n) is 1.94. The van der Waals surface area contributed by atoms with Crippen LogP contribution in [0.3, 0.4) is 0 Å². The van der Waals surface area contributed by atoms with Gasteiger partial charge in [-0.3, -0.25) is 9.59 Å². The van der Waals surface area contributed by atoms with Gasteiger partial charge in [-0.15, -0.1) is 0 Å². The van der Waals surface area contributed by atoms with Crippen LogP contribution in [-0.4, -0.2) is 17.0 Å². The van der Waals surface area contributed by atoms with E-state index in [0.717, 1.165) is 12.0 Å². The molecular formula is C16H17ClN2O2. The number of carbonyl (C=O) groups is 1. The van der Waals surface area contributed by atoms with Gasteiger partial charge in [0.1, 0.15) is 0 Å². The Morgan fingerprint density at radius 2 is 2.00 bits per heavy atom. The molecule has 2 rings (SSSR count). The Balaban J connectivity index is 2.26. The molecule has 2 aromatic rings. The zero-order valence-corrected chi connectivity index (χ0v) is 12.6. The first-order chi connectivity index (χ1) is 10.1. The molecule has 5 heteroatoms. The van der Waals surface area contributed by atoms with Crippen molar-refractivity contribution in [3.8, 4) is 0 Å². The van der Waals surface area contributed by atoms with Crippen LogP contribution < -0.4 is 10.9 Å². The van der Waals surface area contributed by atoms with Gasteiger partial charge >= 0.3 is 0 Å². The highest BCUT2D eigenvalue weighted by molar-refractivity contribution is 6.31. The highest BCUT2D eigenvalue weighted by Gasteiger charge is 2.08. The molecule has 0 aliphatic carbocycles. The van der Waals surface area contributed by atoms with Gasteiger partial charge in [-0.25, -0.2) is 0 Å². The van der Waals surface area contributed by atoms with Crippen molar-refractivity contribution in [3.63, 3.8) is 0 Å². The largest absolute Gasteiger partial charge is 0.352 e. The van der Waals surface area contributed by atoms with Crippen molar-refractivity contribution >= 4 is 17.5 Å². The summed E-state index contributed by atoms with van der Waals surface area (Å²) in [5.74, 6) is -0.176. The summed E-state index contributed by atoms with van der Waals surface area (Å²) in [4.78, 5) is 23.8. The third-order valence-electron chi connectivity index (χ3n) is 3.08. The maximum absolute atomic E-state index is 11.9. The molecule has 110 valence electrons. The molecule has 1 aromatic carbocycles. The second kappa shape index (κ2) is 7.09. The van der Waals surface area contributed by atoms with E-state index in [0.29, 0.717) is 23.7 Å². The lowest BCUT2D eigenvalue weighted by Crippen LogP contribution is -2.27. The lowest BCUT2D eigenvalue weighted by atomic mass is 10.2. The molecule has 0 atom stereocenters. The Morgan fingerprint density at radius 1 is 1.24 bits per heavy atom. The predicted octanol–water partition coefficient (Wildman–Crippen LogP) is 2.69. The summed E-state index contributed by atoms with van der Waals surface area (Å²) < 4.78 is 1.49. The fourth-order valence-corrected chi connectivity index (χ4v) is 2.14. The van der Waals surface area contributed by atoms with E-state index in [4.69, 9.17) is 11.6 Å². The van der Waals surface area contributed by atoms with Crippen molar-refractivity contribution in [2.75, 3.05) is 6.54 Å². The summed E-state index contributed by atoms with van der Waals surface area (Å²) in [7, 11) is 0. The number of carbonyl (C=O) groups excluding carboxylic acids is 1. The van der Waals surface area contributed by atoms with Crippen LogP contribution in [0.25, 0.3) is 0 Å². The van der Waals surface area contributed by atoms with Crippen LogP contribution in [-0.2, 0) is 6.54 Å². The van der Waals surface area contributed by atoms with E-state index < -0.39 is 0 Å². The van der Waals surface area contributed by atoms with Gasteiger partial charge < -0.3 is 9.88 Å². The van der Waals surface area contributed by atoms with Crippen molar-refractivity contribution in [1.82, 2.24) is 9.88 Å². The number of pyridine rings is 1. The maximum atomic E-state index is 11.9. The number of hydrogen-bond donors (Lipinski definition) is 1. The molecule has 1 N–H and O–H groups in total. The zero-order chi connectivity index (χ0) is 15.2. The number of rotatable bonds is 5. The number of nitrogens with one attached hydrogen (secondary N) is 1. The monoisotopic (exact) mass is 304 g/mol. The van der Waals surface area contributed by atoms with Crippen molar-refractivity contribution in [2.24, 2.45) is 0 Å². The molecule has 4 nitrogen and oxygen atoms in total. The van der Waals surface area contributed by atoms with Gasteiger partial charge in [-0.2, -0.15) is 0 Å². The molecular weight excluding hydrogens is 288 g/mol. The van der Waals surface area contributed by atoms with Gasteiger partial charge in [-0.1, -0.05) is 36.7 Å². The quantitative estimate of drug-likeness (QED) is 0.923. The van der Waals surface area contributed by atoms with Crippen LogP contribution >= 0.6 is 11.6 Å². The normalized spacial score (nSPS) is 10.4. The average Bonchev–Trinajstić information content (AvgIpc) is 2.49. The lowest BCUT2D eigenvalue weighted by molar-refractivity contribution is 0.0953.